The number of fused-ring (bicyclic) bond motifs is 1. The Morgan fingerprint density at radius 3 is 2.70 bits per heavy atom. The van der Waals surface area contributed by atoms with Gasteiger partial charge in [0.25, 0.3) is 5.91 Å². The number of benzene rings is 2. The number of nitrogens with one attached hydrogen (secondary N) is 2. The van der Waals surface area contributed by atoms with E-state index in [1.807, 2.05) is 18.2 Å². The van der Waals surface area contributed by atoms with E-state index in [-0.39, 0.29) is 12.3 Å². The van der Waals surface area contributed by atoms with Gasteiger partial charge in [-0.05, 0) is 31.2 Å². The van der Waals surface area contributed by atoms with Crippen LogP contribution in [0.25, 0.3) is 0 Å². The molecule has 6 nitrogen and oxygen atoms in total. The van der Waals surface area contributed by atoms with Crippen molar-refractivity contribution in [1.29, 1.82) is 0 Å². The van der Waals surface area contributed by atoms with Crippen molar-refractivity contribution >= 4 is 52.5 Å². The summed E-state index contributed by atoms with van der Waals surface area (Å²) in [6.07, 6.45) is -1.15. The highest BCUT2D eigenvalue weighted by molar-refractivity contribution is 8.01. The largest absolute Gasteiger partial charge is 0.452 e. The number of para-hydroxylation sites is 2. The van der Waals surface area contributed by atoms with E-state index >= 15 is 0 Å². The number of esters is 1. The van der Waals surface area contributed by atoms with E-state index in [4.69, 9.17) is 16.3 Å². The molecule has 0 radical (unpaired) electrons. The minimum absolute atomic E-state index is 0.130. The van der Waals surface area contributed by atoms with Crippen molar-refractivity contribution in [1.82, 2.24) is 0 Å². The lowest BCUT2D eigenvalue weighted by Gasteiger charge is -2.23. The Kier molecular flexibility index (Phi) is 6.03. The number of ether oxygens (including phenoxy) is 1. The van der Waals surface area contributed by atoms with Gasteiger partial charge in [-0.25, -0.2) is 0 Å². The standard InChI is InChI=1S/C19H17ClN2O4S/c1-11(18(24)21-13-7-3-2-6-12(13)20)26-17(23)10-16-19(25)22-14-8-4-5-9-15(14)27-16/h2-9,11,16H,10H2,1H3,(H,21,24)(H,22,25)/t11-,16+/m1/s1. The molecule has 0 saturated carbocycles. The van der Waals surface area contributed by atoms with Crippen molar-refractivity contribution in [2.75, 3.05) is 10.6 Å². The summed E-state index contributed by atoms with van der Waals surface area (Å²) in [5.74, 6) is -1.38. The Bertz CT molecular complexity index is 890. The average molecular weight is 405 g/mol. The number of hydrogen-bond donors (Lipinski definition) is 2. The number of rotatable bonds is 5. The third-order valence-electron chi connectivity index (χ3n) is 3.87. The van der Waals surface area contributed by atoms with Gasteiger partial charge in [-0.3, -0.25) is 14.4 Å². The van der Waals surface area contributed by atoms with Crippen molar-refractivity contribution in [2.45, 2.75) is 29.6 Å². The number of hydrogen-bond acceptors (Lipinski definition) is 5. The predicted octanol–water partition coefficient (Wildman–Crippen LogP) is 3.71. The third kappa shape index (κ3) is 4.81. The summed E-state index contributed by atoms with van der Waals surface area (Å²) in [6.45, 7) is 1.47. The lowest BCUT2D eigenvalue weighted by molar-refractivity contribution is -0.153. The summed E-state index contributed by atoms with van der Waals surface area (Å²) in [5.41, 5.74) is 1.16. The van der Waals surface area contributed by atoms with Crippen molar-refractivity contribution in [2.24, 2.45) is 0 Å². The van der Waals surface area contributed by atoms with Crippen LogP contribution < -0.4 is 10.6 Å². The monoisotopic (exact) mass is 404 g/mol. The van der Waals surface area contributed by atoms with Gasteiger partial charge in [0, 0.05) is 4.90 Å². The molecule has 140 valence electrons. The zero-order valence-corrected chi connectivity index (χ0v) is 16.0. The summed E-state index contributed by atoms with van der Waals surface area (Å²) in [6, 6.07) is 14.1. The minimum Gasteiger partial charge on any atom is -0.452 e. The minimum atomic E-state index is -1.02. The van der Waals surface area contributed by atoms with Gasteiger partial charge in [-0.1, -0.05) is 35.9 Å². The van der Waals surface area contributed by atoms with E-state index in [1.165, 1.54) is 18.7 Å². The van der Waals surface area contributed by atoms with E-state index in [9.17, 15) is 14.4 Å². The Hall–Kier alpha value is -2.51. The Morgan fingerprint density at radius 2 is 1.93 bits per heavy atom. The van der Waals surface area contributed by atoms with Crippen LogP contribution in [0.3, 0.4) is 0 Å². The molecular formula is C19H17ClN2O4S. The second kappa shape index (κ2) is 8.45. The molecule has 0 aliphatic carbocycles. The molecule has 0 spiro atoms. The van der Waals surface area contributed by atoms with Crippen LogP contribution in [0.2, 0.25) is 5.02 Å². The summed E-state index contributed by atoms with van der Waals surface area (Å²) in [7, 11) is 0. The Morgan fingerprint density at radius 1 is 1.22 bits per heavy atom. The maximum absolute atomic E-state index is 12.2. The Balaban J connectivity index is 1.55. The van der Waals surface area contributed by atoms with Crippen molar-refractivity contribution < 1.29 is 19.1 Å². The fraction of sp³-hybridized carbons (Fsp3) is 0.211. The van der Waals surface area contributed by atoms with E-state index in [2.05, 4.69) is 10.6 Å². The van der Waals surface area contributed by atoms with Gasteiger partial charge in [-0.2, -0.15) is 0 Å². The van der Waals surface area contributed by atoms with E-state index in [0.717, 1.165) is 10.6 Å². The molecule has 2 amide bonds. The second-order valence-corrected chi connectivity index (χ2v) is 7.55. The number of thioether (sulfide) groups is 1. The van der Waals surface area contributed by atoms with Crippen LogP contribution in [0.1, 0.15) is 13.3 Å². The summed E-state index contributed by atoms with van der Waals surface area (Å²) in [4.78, 5) is 37.4. The molecule has 1 heterocycles. The molecule has 0 aromatic heterocycles. The van der Waals surface area contributed by atoms with Gasteiger partial charge in [0.15, 0.2) is 6.10 Å². The van der Waals surface area contributed by atoms with Crippen LogP contribution in [-0.4, -0.2) is 29.1 Å². The maximum atomic E-state index is 12.2. The first-order chi connectivity index (χ1) is 12.9. The highest BCUT2D eigenvalue weighted by atomic mass is 35.5. The van der Waals surface area contributed by atoms with Crippen molar-refractivity contribution in [3.63, 3.8) is 0 Å². The normalized spacial score (nSPS) is 16.7. The zero-order chi connectivity index (χ0) is 19.4. The Labute approximate surface area is 165 Å². The topological polar surface area (TPSA) is 84.5 Å². The molecule has 3 rings (SSSR count). The van der Waals surface area contributed by atoms with Gasteiger partial charge in [0.05, 0.1) is 28.1 Å². The molecule has 2 aromatic carbocycles. The second-order valence-electron chi connectivity index (χ2n) is 5.90. The SMILES string of the molecule is C[C@@H](OC(=O)C[C@@H]1Sc2ccccc2NC1=O)C(=O)Nc1ccccc1Cl. The van der Waals surface area contributed by atoms with E-state index in [0.29, 0.717) is 10.7 Å². The predicted molar refractivity (Wildman–Crippen MR) is 105 cm³/mol. The lowest BCUT2D eigenvalue weighted by atomic mass is 10.2. The van der Waals surface area contributed by atoms with E-state index < -0.39 is 23.2 Å². The van der Waals surface area contributed by atoms with Crippen LogP contribution in [0.5, 0.6) is 0 Å². The van der Waals surface area contributed by atoms with Crippen LogP contribution in [0.4, 0.5) is 11.4 Å². The first-order valence-electron chi connectivity index (χ1n) is 8.25. The molecule has 27 heavy (non-hydrogen) atoms. The summed E-state index contributed by atoms with van der Waals surface area (Å²) >= 11 is 7.30. The molecule has 0 saturated heterocycles. The number of amides is 2. The fourth-order valence-corrected chi connectivity index (χ4v) is 3.75. The van der Waals surface area contributed by atoms with Crippen molar-refractivity contribution in [3.05, 3.63) is 53.6 Å². The molecule has 1 aliphatic rings. The summed E-state index contributed by atoms with van der Waals surface area (Å²) in [5, 5.41) is 5.16. The number of anilines is 2. The zero-order valence-electron chi connectivity index (χ0n) is 14.4. The van der Waals surface area contributed by atoms with Gasteiger partial charge in [-0.15, -0.1) is 11.8 Å². The van der Waals surface area contributed by atoms with Gasteiger partial charge in [0.1, 0.15) is 0 Å². The molecule has 0 unspecified atom stereocenters. The molecular weight excluding hydrogens is 388 g/mol. The smallest absolute Gasteiger partial charge is 0.308 e. The van der Waals surface area contributed by atoms with Crippen LogP contribution >= 0.6 is 23.4 Å². The lowest BCUT2D eigenvalue weighted by Crippen LogP contribution is -2.34. The van der Waals surface area contributed by atoms with Gasteiger partial charge in [0.2, 0.25) is 5.91 Å². The molecule has 1 aliphatic heterocycles. The van der Waals surface area contributed by atoms with Gasteiger partial charge < -0.3 is 15.4 Å². The first-order valence-corrected chi connectivity index (χ1v) is 9.51. The molecule has 0 bridgehead atoms. The highest BCUT2D eigenvalue weighted by Crippen LogP contribution is 2.36. The summed E-state index contributed by atoms with van der Waals surface area (Å²) < 4.78 is 5.18. The number of halogens is 1. The number of carbonyl (C=O) groups is 3. The molecule has 0 fully saturated rings. The molecule has 2 N–H and O–H groups in total. The van der Waals surface area contributed by atoms with Crippen molar-refractivity contribution in [3.8, 4) is 0 Å². The fourth-order valence-electron chi connectivity index (χ4n) is 2.47. The highest BCUT2D eigenvalue weighted by Gasteiger charge is 2.30. The quantitative estimate of drug-likeness (QED) is 0.742. The molecule has 2 aromatic rings. The molecule has 8 heteroatoms. The first kappa shape index (κ1) is 19.3. The van der Waals surface area contributed by atoms with Gasteiger partial charge >= 0.3 is 5.97 Å². The third-order valence-corrected chi connectivity index (χ3v) is 5.47. The number of carbonyl (C=O) groups excluding carboxylic acids is 3. The van der Waals surface area contributed by atoms with Crippen LogP contribution in [-0.2, 0) is 19.1 Å². The maximum Gasteiger partial charge on any atom is 0.308 e. The molecule has 2 atom stereocenters. The van der Waals surface area contributed by atoms with Crippen LogP contribution in [0, 0.1) is 0 Å². The van der Waals surface area contributed by atoms with E-state index in [1.54, 1.807) is 30.3 Å². The van der Waals surface area contributed by atoms with Crippen LogP contribution in [0.15, 0.2) is 53.4 Å². The average Bonchev–Trinajstić information content (AvgIpc) is 2.64.